The summed E-state index contributed by atoms with van der Waals surface area (Å²) in [5.41, 5.74) is 3.36. The van der Waals surface area contributed by atoms with Crippen molar-refractivity contribution in [3.63, 3.8) is 0 Å². The van der Waals surface area contributed by atoms with Crippen LogP contribution in [-0.2, 0) is 21.1 Å². The molecule has 7 heteroatoms. The van der Waals surface area contributed by atoms with Crippen LogP contribution in [0.15, 0.2) is 39.7 Å². The monoisotopic (exact) mass is 321 g/mol. The van der Waals surface area contributed by atoms with Crippen LogP contribution in [0.5, 0.6) is 0 Å². The van der Waals surface area contributed by atoms with Crippen molar-refractivity contribution >= 4 is 28.2 Å². The van der Waals surface area contributed by atoms with Crippen molar-refractivity contribution in [1.82, 2.24) is 0 Å². The van der Waals surface area contributed by atoms with Gasteiger partial charge in [0.05, 0.1) is 5.71 Å². The first kappa shape index (κ1) is 16.4. The van der Waals surface area contributed by atoms with E-state index in [-0.39, 0.29) is 0 Å². The highest BCUT2D eigenvalue weighted by molar-refractivity contribution is 8.15. The van der Waals surface area contributed by atoms with Gasteiger partial charge in [-0.15, -0.1) is 0 Å². The minimum absolute atomic E-state index is 0.350. The lowest BCUT2D eigenvalue weighted by atomic mass is 10.0. The fourth-order valence-corrected chi connectivity index (χ4v) is 2.56. The van der Waals surface area contributed by atoms with E-state index >= 15 is 0 Å². The Morgan fingerprint density at radius 3 is 2.82 bits per heavy atom. The van der Waals surface area contributed by atoms with Gasteiger partial charge in [-0.25, -0.2) is 0 Å². The summed E-state index contributed by atoms with van der Waals surface area (Å²) in [6.07, 6.45) is 0. The quantitative estimate of drug-likeness (QED) is 0.597. The van der Waals surface area contributed by atoms with Crippen LogP contribution in [0.2, 0.25) is 0 Å². The summed E-state index contributed by atoms with van der Waals surface area (Å²) in [6, 6.07) is 7.81. The summed E-state index contributed by atoms with van der Waals surface area (Å²) in [5, 5.41) is 12.9. The fourth-order valence-electron chi connectivity index (χ4n) is 1.82. The summed E-state index contributed by atoms with van der Waals surface area (Å²) < 4.78 is 0. The molecule has 0 N–H and O–H groups in total. The molecule has 1 aliphatic heterocycles. The average molecular weight is 321 g/mol. The third-order valence-electron chi connectivity index (χ3n) is 2.69. The van der Waals surface area contributed by atoms with Gasteiger partial charge in [-0.05, 0) is 13.8 Å². The lowest BCUT2D eigenvalue weighted by molar-refractivity contribution is 0.130. The molecule has 1 aromatic carbocycles. The molecule has 0 atom stereocenters. The predicted octanol–water partition coefficient (Wildman–Crippen LogP) is 3.03. The van der Waals surface area contributed by atoms with Crippen LogP contribution in [0, 0.1) is 0 Å². The number of oxime groups is 3. The van der Waals surface area contributed by atoms with E-state index in [9.17, 15) is 0 Å². The van der Waals surface area contributed by atoms with E-state index in [0.29, 0.717) is 24.0 Å². The van der Waals surface area contributed by atoms with Gasteiger partial charge in [-0.1, -0.05) is 51.5 Å². The Bertz CT molecular complexity index is 595. The van der Waals surface area contributed by atoms with Crippen molar-refractivity contribution in [3.8, 4) is 0 Å². The molecular formula is C15H19N3O3S. The molecule has 1 aliphatic rings. The zero-order valence-electron chi connectivity index (χ0n) is 12.9. The highest BCUT2D eigenvalue weighted by atomic mass is 32.2. The number of nitrogens with zero attached hydrogens (tertiary/aromatic N) is 3. The second-order valence-corrected chi connectivity index (χ2v) is 5.75. The zero-order chi connectivity index (χ0) is 15.8. The molecule has 0 bridgehead atoms. The van der Waals surface area contributed by atoms with Gasteiger partial charge in [0.2, 0.25) is 0 Å². The number of rotatable bonds is 6. The molecule has 0 radical (unpaired) electrons. The average Bonchev–Trinajstić information content (AvgIpc) is 2.54. The molecule has 22 heavy (non-hydrogen) atoms. The smallest absolute Gasteiger partial charge is 0.165 e. The number of hydrogen-bond acceptors (Lipinski definition) is 7. The van der Waals surface area contributed by atoms with E-state index in [1.807, 2.05) is 38.1 Å². The molecule has 0 fully saturated rings. The molecular weight excluding hydrogens is 302 g/mol. The van der Waals surface area contributed by atoms with Gasteiger partial charge in [-0.3, -0.25) is 0 Å². The van der Waals surface area contributed by atoms with Crippen molar-refractivity contribution in [3.05, 3.63) is 35.4 Å². The maximum atomic E-state index is 5.35. The summed E-state index contributed by atoms with van der Waals surface area (Å²) in [5.74, 6) is 0.833. The summed E-state index contributed by atoms with van der Waals surface area (Å²) >= 11 is 1.59. The largest absolute Gasteiger partial charge is 0.399 e. The second-order valence-electron chi connectivity index (χ2n) is 4.67. The van der Waals surface area contributed by atoms with Gasteiger partial charge in [0, 0.05) is 16.9 Å². The van der Waals surface area contributed by atoms with Crippen LogP contribution in [0.3, 0.4) is 0 Å². The summed E-state index contributed by atoms with van der Waals surface area (Å²) in [6.45, 7) is 4.72. The lowest BCUT2D eigenvalue weighted by Gasteiger charge is -2.15. The van der Waals surface area contributed by atoms with Gasteiger partial charge in [0.15, 0.2) is 5.04 Å². The highest BCUT2D eigenvalue weighted by Gasteiger charge is 2.20. The Morgan fingerprint density at radius 2 is 2.14 bits per heavy atom. The molecule has 1 aromatic rings. The molecule has 0 amide bonds. The number of thioether (sulfide) groups is 1. The molecule has 0 saturated carbocycles. The molecule has 0 spiro atoms. The molecule has 0 aromatic heterocycles. The first-order valence-corrected chi connectivity index (χ1v) is 7.86. The van der Waals surface area contributed by atoms with Crippen molar-refractivity contribution in [1.29, 1.82) is 0 Å². The minimum Gasteiger partial charge on any atom is -0.399 e. The normalized spacial score (nSPS) is 14.7. The first-order chi connectivity index (χ1) is 10.7. The predicted molar refractivity (Wildman–Crippen MR) is 89.4 cm³/mol. The SMILES string of the molecule is CO/N=C(/C1=NOCCS1)c1ccccc1CON=C(C)C. The second kappa shape index (κ2) is 8.43. The summed E-state index contributed by atoms with van der Waals surface area (Å²) in [4.78, 5) is 15.5. The maximum absolute atomic E-state index is 5.35. The molecule has 0 aliphatic carbocycles. The maximum Gasteiger partial charge on any atom is 0.165 e. The third kappa shape index (κ3) is 4.49. The Hall–Kier alpha value is -2.02. The topological polar surface area (TPSA) is 64.8 Å². The Labute approximate surface area is 134 Å². The van der Waals surface area contributed by atoms with Gasteiger partial charge in [0.25, 0.3) is 0 Å². The third-order valence-corrected chi connectivity index (χ3v) is 3.60. The Kier molecular flexibility index (Phi) is 6.27. The molecule has 0 unspecified atom stereocenters. The van der Waals surface area contributed by atoms with E-state index in [2.05, 4.69) is 15.5 Å². The van der Waals surface area contributed by atoms with E-state index in [0.717, 1.165) is 22.6 Å². The molecule has 0 saturated heterocycles. The van der Waals surface area contributed by atoms with Crippen LogP contribution in [-0.4, -0.2) is 35.9 Å². The van der Waals surface area contributed by atoms with Crippen LogP contribution in [0.25, 0.3) is 0 Å². The zero-order valence-corrected chi connectivity index (χ0v) is 13.7. The molecule has 2 rings (SSSR count). The number of benzene rings is 1. The lowest BCUT2D eigenvalue weighted by Crippen LogP contribution is -2.19. The van der Waals surface area contributed by atoms with Crippen molar-refractivity contribution in [2.24, 2.45) is 15.5 Å². The van der Waals surface area contributed by atoms with Crippen LogP contribution in [0.4, 0.5) is 0 Å². The van der Waals surface area contributed by atoms with Crippen LogP contribution in [0.1, 0.15) is 25.0 Å². The Morgan fingerprint density at radius 1 is 1.32 bits per heavy atom. The van der Waals surface area contributed by atoms with E-state index in [1.165, 1.54) is 7.11 Å². The molecule has 118 valence electrons. The Balaban J connectivity index is 2.29. The van der Waals surface area contributed by atoms with Gasteiger partial charge < -0.3 is 14.5 Å². The fraction of sp³-hybridized carbons (Fsp3) is 0.400. The van der Waals surface area contributed by atoms with E-state index in [4.69, 9.17) is 14.5 Å². The van der Waals surface area contributed by atoms with Crippen molar-refractivity contribution in [2.75, 3.05) is 19.5 Å². The summed E-state index contributed by atoms with van der Waals surface area (Å²) in [7, 11) is 1.51. The van der Waals surface area contributed by atoms with Crippen molar-refractivity contribution in [2.45, 2.75) is 20.5 Å². The van der Waals surface area contributed by atoms with E-state index < -0.39 is 0 Å². The van der Waals surface area contributed by atoms with Gasteiger partial charge in [0.1, 0.15) is 26.0 Å². The molecule has 1 heterocycles. The number of hydrogen-bond donors (Lipinski definition) is 0. The first-order valence-electron chi connectivity index (χ1n) is 6.88. The highest BCUT2D eigenvalue weighted by Crippen LogP contribution is 2.20. The van der Waals surface area contributed by atoms with Gasteiger partial charge in [-0.2, -0.15) is 0 Å². The minimum atomic E-state index is 0.350. The van der Waals surface area contributed by atoms with Crippen LogP contribution < -0.4 is 0 Å². The standard InChI is InChI=1S/C15H19N3O3S/c1-11(2)16-21-10-12-6-4-5-7-13(12)14(17-19-3)15-18-20-8-9-22-15/h4-7H,8-10H2,1-3H3/b17-14+. The molecule has 6 nitrogen and oxygen atoms in total. The van der Waals surface area contributed by atoms with Crippen molar-refractivity contribution < 1.29 is 14.5 Å². The van der Waals surface area contributed by atoms with Gasteiger partial charge >= 0.3 is 0 Å². The van der Waals surface area contributed by atoms with Crippen LogP contribution >= 0.6 is 11.8 Å². The van der Waals surface area contributed by atoms with E-state index in [1.54, 1.807) is 11.8 Å².